The molecule has 614 valence electrons. The molecule has 39 nitrogen and oxygen atoms in total. The van der Waals surface area contributed by atoms with E-state index in [4.69, 9.17) is 10.8 Å². The Kier molecular flexibility index (Phi) is 40.4. The average molecular weight is 1580 g/mol. The van der Waals surface area contributed by atoms with Crippen LogP contribution in [0.4, 0.5) is 13.2 Å². The molecule has 2 rings (SSSR count). The van der Waals surface area contributed by atoms with Crippen molar-refractivity contribution in [3.8, 4) is 0 Å². The number of hydrogen-bond donors (Lipinski definition) is 20. The van der Waals surface area contributed by atoms with E-state index < -0.39 is 273 Å². The number of carboxylic acid groups (broad SMARTS) is 5. The first kappa shape index (κ1) is 95.2. The second-order valence-electron chi connectivity index (χ2n) is 26.2. The number of rotatable bonds is 50. The lowest BCUT2D eigenvalue weighted by atomic mass is 9.97. The number of alkyl halides is 3. The van der Waals surface area contributed by atoms with E-state index in [0.717, 1.165) is 39.0 Å². The molecule has 0 heterocycles. The molecule has 13 atom stereocenters. The van der Waals surface area contributed by atoms with Crippen LogP contribution in [-0.2, 0) is 98.9 Å². The Bertz CT molecular complexity index is 3650. The molecule has 0 aromatic heterocycles. The number of aliphatic hydroxyl groups excluding tert-OH is 1. The maximum absolute atomic E-state index is 14.4. The van der Waals surface area contributed by atoms with Crippen LogP contribution in [0, 0.1) is 11.8 Å². The van der Waals surface area contributed by atoms with Crippen LogP contribution in [0.3, 0.4) is 0 Å². The third-order valence-electron chi connectivity index (χ3n) is 16.7. The van der Waals surface area contributed by atoms with E-state index in [1.807, 2.05) is 5.32 Å². The lowest BCUT2D eigenvalue weighted by Crippen LogP contribution is -2.61. The number of hydrogen-bond acceptors (Lipinski definition) is 20. The van der Waals surface area contributed by atoms with Gasteiger partial charge in [-0.05, 0) is 94.4 Å². The van der Waals surface area contributed by atoms with E-state index in [1.54, 1.807) is 37.3 Å². The van der Waals surface area contributed by atoms with Gasteiger partial charge in [-0.1, -0.05) is 70.5 Å². The summed E-state index contributed by atoms with van der Waals surface area (Å²) in [4.78, 5) is 247. The van der Waals surface area contributed by atoms with Gasteiger partial charge in [0.15, 0.2) is 0 Å². The molecular formula is C69H97F3N14O25. The number of halogens is 3. The van der Waals surface area contributed by atoms with E-state index in [2.05, 4.69) is 63.8 Å². The first-order valence-corrected chi connectivity index (χ1v) is 35.0. The molecular weight excluding hydrogens is 1480 g/mol. The highest BCUT2D eigenvalue weighted by atomic mass is 19.4. The number of primary amides is 1. The van der Waals surface area contributed by atoms with Gasteiger partial charge in [-0.25, -0.2) is 4.79 Å². The van der Waals surface area contributed by atoms with Gasteiger partial charge in [0.05, 0.1) is 24.6 Å². The van der Waals surface area contributed by atoms with Crippen molar-refractivity contribution in [2.75, 3.05) is 13.1 Å². The summed E-state index contributed by atoms with van der Waals surface area (Å²) in [6, 6.07) is -7.58. The monoisotopic (exact) mass is 1580 g/mol. The van der Waals surface area contributed by atoms with Gasteiger partial charge < -0.3 is 105 Å². The lowest BCUT2D eigenvalue weighted by Gasteiger charge is -2.29. The van der Waals surface area contributed by atoms with Crippen LogP contribution >= 0.6 is 0 Å². The van der Waals surface area contributed by atoms with E-state index in [0.29, 0.717) is 11.6 Å². The summed E-state index contributed by atoms with van der Waals surface area (Å²) in [6.45, 7) is 8.03. The van der Waals surface area contributed by atoms with Gasteiger partial charge in [0.1, 0.15) is 66.5 Å². The quantitative estimate of drug-likeness (QED) is 0.0291. The lowest BCUT2D eigenvalue weighted by molar-refractivity contribution is -0.144. The molecule has 2 aromatic carbocycles. The molecule has 0 saturated carbocycles. The molecule has 0 radical (unpaired) electrons. The fourth-order valence-electron chi connectivity index (χ4n) is 10.4. The molecule has 0 spiro atoms. The second-order valence-corrected chi connectivity index (χ2v) is 26.2. The molecule has 42 heteroatoms. The average Bonchev–Trinajstić information content (AvgIpc) is 0.843. The van der Waals surface area contributed by atoms with Gasteiger partial charge in [-0.3, -0.25) is 86.3 Å². The number of unbranched alkanes of at least 4 members (excludes halogenated alkanes) is 1. The Morgan fingerprint density at radius 2 is 0.910 bits per heavy atom. The number of aliphatic hydroxyl groups is 1. The molecule has 14 amide bonds. The number of aliphatic carboxylic acids is 5. The maximum atomic E-state index is 14.4. The van der Waals surface area contributed by atoms with Crippen LogP contribution in [0.1, 0.15) is 153 Å². The van der Waals surface area contributed by atoms with Crippen molar-refractivity contribution >= 4 is 113 Å². The fraction of sp³-hybridized carbons (Fsp3) is 0.551. The van der Waals surface area contributed by atoms with Gasteiger partial charge in [0.25, 0.3) is 5.91 Å². The zero-order valence-corrected chi connectivity index (χ0v) is 61.7. The minimum absolute atomic E-state index is 0.0195. The number of carbonyl (C=O) groups excluding carboxylic acids is 14. The second kappa shape index (κ2) is 47.1. The molecule has 2 aromatic rings. The molecule has 0 fully saturated rings. The van der Waals surface area contributed by atoms with Crippen LogP contribution in [0.15, 0.2) is 54.6 Å². The fourth-order valence-corrected chi connectivity index (χ4v) is 10.4. The van der Waals surface area contributed by atoms with Crippen molar-refractivity contribution in [1.29, 1.82) is 0 Å². The molecule has 0 aliphatic heterocycles. The minimum atomic E-state index is -4.74. The zero-order valence-electron chi connectivity index (χ0n) is 61.7. The first-order chi connectivity index (χ1) is 51.8. The van der Waals surface area contributed by atoms with Crippen LogP contribution in [0.2, 0.25) is 0 Å². The standard InChI is InChI=1S/C69H97F3N14O25/c1-8-34(4)55(85-67(109)56(36(6)87)86-57(99)35(5)76-59(101)41(79-64(106)47(31-53(97)98)77-37(7)88)19-12-13-28-74-58(100)39-17-14-18-40(30-39)69(70,71)72)65(107)75-32-49(90)78-46(29-38-15-10-9-11-16-38)63(105)81-44(22-26-51(93)94)62(104)84-54(33(2)3)66(108)82-42(20-24-48(73)89)60(102)80-43(21-25-50(91)92)61(103)83-45(68(110)111)23-27-52(95)96/h9-11,14-18,30,33-36,41-47,54-56,87H,8,12-13,19-29,31-32H2,1-7H3,(H2,73,89)(H,74,100)(H,75,107)(H,76,101)(H,77,88)(H,78,90)(H,79,106)(H,80,102)(H,81,105)(H,82,108)(H,83,103)(H,84,104)(H,85,109)(H,86,99)(H,91,92)(H,93,94)(H,95,96)(H,97,98)(H,110,111)/t34-,35-,36+,41-,42-,43-,44-,45-,46-,47-,54-,55-,56-/m0/s1. The number of nitrogens with two attached hydrogens (primary N) is 1. The van der Waals surface area contributed by atoms with Gasteiger partial charge in [-0.15, -0.1) is 0 Å². The van der Waals surface area contributed by atoms with Gasteiger partial charge in [0.2, 0.25) is 76.8 Å². The highest BCUT2D eigenvalue weighted by Gasteiger charge is 2.39. The largest absolute Gasteiger partial charge is 0.481 e. The normalized spacial score (nSPS) is 14.6. The van der Waals surface area contributed by atoms with Crippen molar-refractivity contribution in [3.05, 3.63) is 71.3 Å². The highest BCUT2D eigenvalue weighted by molar-refractivity contribution is 6.00. The van der Waals surface area contributed by atoms with Crippen molar-refractivity contribution in [2.24, 2.45) is 17.6 Å². The molecule has 0 aliphatic rings. The van der Waals surface area contributed by atoms with Crippen molar-refractivity contribution < 1.29 is 135 Å². The van der Waals surface area contributed by atoms with Crippen molar-refractivity contribution in [2.45, 2.75) is 217 Å². The minimum Gasteiger partial charge on any atom is -0.481 e. The zero-order chi connectivity index (χ0) is 84.2. The van der Waals surface area contributed by atoms with Crippen LogP contribution < -0.4 is 74.9 Å². The van der Waals surface area contributed by atoms with Crippen molar-refractivity contribution in [1.82, 2.24) is 69.1 Å². The number of benzene rings is 2. The maximum Gasteiger partial charge on any atom is 0.416 e. The number of nitrogens with one attached hydrogen (secondary N) is 13. The summed E-state index contributed by atoms with van der Waals surface area (Å²) in [5.41, 5.74) is 4.34. The van der Waals surface area contributed by atoms with E-state index in [9.17, 15) is 130 Å². The highest BCUT2D eigenvalue weighted by Crippen LogP contribution is 2.29. The van der Waals surface area contributed by atoms with Gasteiger partial charge >= 0.3 is 36.0 Å². The number of carboxylic acids is 5. The summed E-state index contributed by atoms with van der Waals surface area (Å²) >= 11 is 0. The summed E-state index contributed by atoms with van der Waals surface area (Å²) in [5.74, 6) is -24.7. The van der Waals surface area contributed by atoms with E-state index in [-0.39, 0.29) is 44.2 Å². The van der Waals surface area contributed by atoms with Crippen molar-refractivity contribution in [3.63, 3.8) is 0 Å². The van der Waals surface area contributed by atoms with Crippen LogP contribution in [0.25, 0.3) is 0 Å². The Morgan fingerprint density at radius 1 is 0.450 bits per heavy atom. The third-order valence-corrected chi connectivity index (χ3v) is 16.7. The van der Waals surface area contributed by atoms with Crippen LogP contribution in [0.5, 0.6) is 0 Å². The van der Waals surface area contributed by atoms with E-state index >= 15 is 0 Å². The molecule has 0 saturated heterocycles. The Hall–Kier alpha value is -11.9. The van der Waals surface area contributed by atoms with Crippen LogP contribution in [-0.4, -0.2) is 229 Å². The van der Waals surface area contributed by atoms with E-state index in [1.165, 1.54) is 20.8 Å². The Labute approximate surface area is 633 Å². The topological polar surface area (TPSA) is 628 Å². The molecule has 0 unspecified atom stereocenters. The SMILES string of the molecule is CC[C@H](C)[C@H](NC(=O)[C@@H](NC(=O)[C@H](C)NC(=O)[C@H](CCCCNC(=O)c1cccc(C(F)(F)F)c1)NC(=O)[C@H](CC(=O)O)NC(C)=O)[C@@H](C)O)C(=O)NCC(=O)N[C@@H](Cc1ccccc1)C(=O)N[C@@H](CCC(=O)O)C(=O)N[C@H](C(=O)N[C@@H](CCC(N)=O)C(=O)N[C@@H](CCC(=O)O)C(=O)N[C@@H](CCC(=O)O)C(=O)O)C(C)C. The summed E-state index contributed by atoms with van der Waals surface area (Å²) < 4.78 is 39.9. The summed E-state index contributed by atoms with van der Waals surface area (Å²) in [7, 11) is 0. The first-order valence-electron chi connectivity index (χ1n) is 35.0. The molecule has 0 aliphatic carbocycles. The van der Waals surface area contributed by atoms with Gasteiger partial charge in [0, 0.05) is 51.1 Å². The summed E-state index contributed by atoms with van der Waals surface area (Å²) in [6.07, 6.45) is -13.4. The smallest absolute Gasteiger partial charge is 0.416 e. The number of amides is 14. The Morgan fingerprint density at radius 3 is 1.40 bits per heavy atom. The molecule has 0 bridgehead atoms. The predicted molar refractivity (Wildman–Crippen MR) is 378 cm³/mol. The number of carbonyl (C=O) groups is 19. The third kappa shape index (κ3) is 35.8. The summed E-state index contributed by atoms with van der Waals surface area (Å²) in [5, 5.41) is 88.0. The van der Waals surface area contributed by atoms with Gasteiger partial charge in [-0.2, -0.15) is 13.2 Å². The predicted octanol–water partition coefficient (Wildman–Crippen LogP) is -3.16. The Balaban J connectivity index is 2.38. The molecule has 21 N–H and O–H groups in total. The molecule has 111 heavy (non-hydrogen) atoms.